The Morgan fingerprint density at radius 1 is 1.00 bits per heavy atom. The largest absolute Gasteiger partial charge is 0.469 e. The minimum atomic E-state index is -0.141. The maximum atomic E-state index is 11.7. The summed E-state index contributed by atoms with van der Waals surface area (Å²) in [5, 5.41) is 4.71. The second-order valence-corrected chi connectivity index (χ2v) is 12.4. The van der Waals surface area contributed by atoms with Crippen LogP contribution in [0.3, 0.4) is 0 Å². The van der Waals surface area contributed by atoms with Crippen LogP contribution in [0.25, 0.3) is 11.3 Å². The van der Waals surface area contributed by atoms with E-state index in [-0.39, 0.29) is 5.97 Å². The molecule has 3 aliphatic heterocycles. The summed E-state index contributed by atoms with van der Waals surface area (Å²) in [6, 6.07) is 10.2. The first kappa shape index (κ1) is 30.0. The van der Waals surface area contributed by atoms with Gasteiger partial charge in [0.25, 0.3) is 0 Å². The summed E-state index contributed by atoms with van der Waals surface area (Å²) < 4.78 is 16.3. The van der Waals surface area contributed by atoms with E-state index in [0.29, 0.717) is 57.7 Å². The van der Waals surface area contributed by atoms with Crippen molar-refractivity contribution in [2.45, 2.75) is 44.3 Å². The molecule has 0 spiro atoms. The Balaban J connectivity index is 1.15. The number of ether oxygens (including phenoxy) is 3. The van der Waals surface area contributed by atoms with Gasteiger partial charge in [0.1, 0.15) is 0 Å². The molecule has 1 N–H and O–H groups in total. The lowest BCUT2D eigenvalue weighted by Crippen LogP contribution is -2.51. The lowest BCUT2D eigenvalue weighted by atomic mass is 9.93. The first-order chi connectivity index (χ1) is 20.9. The number of aromatic nitrogens is 3. The van der Waals surface area contributed by atoms with E-state index in [1.54, 1.807) is 18.5 Å². The van der Waals surface area contributed by atoms with Crippen LogP contribution in [0.15, 0.2) is 42.7 Å². The molecule has 43 heavy (non-hydrogen) atoms. The van der Waals surface area contributed by atoms with Crippen molar-refractivity contribution in [2.24, 2.45) is 5.92 Å². The van der Waals surface area contributed by atoms with Gasteiger partial charge < -0.3 is 24.4 Å². The van der Waals surface area contributed by atoms with Crippen molar-refractivity contribution in [2.75, 3.05) is 51.4 Å². The van der Waals surface area contributed by atoms with E-state index in [1.165, 1.54) is 7.11 Å². The summed E-state index contributed by atoms with van der Waals surface area (Å²) in [4.78, 5) is 30.3. The Bertz CT molecular complexity index is 1400. The van der Waals surface area contributed by atoms with Gasteiger partial charge in [-0.15, -0.1) is 0 Å². The number of esters is 1. The molecular weight excluding hydrogens is 591 g/mol. The van der Waals surface area contributed by atoms with Gasteiger partial charge >= 0.3 is 5.97 Å². The van der Waals surface area contributed by atoms with E-state index >= 15 is 0 Å². The number of hydrogen-bond acceptors (Lipinski definition) is 10. The topological polar surface area (TPSA) is 102 Å². The predicted octanol–water partition coefficient (Wildman–Crippen LogP) is 4.98. The van der Waals surface area contributed by atoms with Gasteiger partial charge in [-0.2, -0.15) is 0 Å². The minimum Gasteiger partial charge on any atom is -0.469 e. The van der Waals surface area contributed by atoms with E-state index < -0.39 is 0 Å². The molecule has 12 heteroatoms. The van der Waals surface area contributed by atoms with Crippen LogP contribution in [0.4, 0.5) is 5.95 Å². The van der Waals surface area contributed by atoms with Crippen LogP contribution in [0, 0.1) is 5.92 Å². The average molecular weight is 628 g/mol. The van der Waals surface area contributed by atoms with Crippen LogP contribution in [0.1, 0.15) is 31.2 Å². The van der Waals surface area contributed by atoms with Gasteiger partial charge in [0.2, 0.25) is 11.8 Å². The first-order valence-electron chi connectivity index (χ1n) is 14.8. The van der Waals surface area contributed by atoms with Crippen molar-refractivity contribution in [3.63, 3.8) is 0 Å². The first-order valence-corrected chi connectivity index (χ1v) is 15.5. The summed E-state index contributed by atoms with van der Waals surface area (Å²) in [6.07, 6.45) is 6.81. The maximum Gasteiger partial charge on any atom is 0.305 e. The van der Waals surface area contributed by atoms with Crippen LogP contribution in [-0.2, 0) is 20.8 Å². The summed E-state index contributed by atoms with van der Waals surface area (Å²) in [5.41, 5.74) is 2.56. The number of nitrogens with zero attached hydrogens (tertiary/aromatic N) is 5. The normalized spacial score (nSPS) is 19.8. The van der Waals surface area contributed by atoms with E-state index in [0.717, 1.165) is 76.3 Å². The molecule has 3 saturated heterocycles. The monoisotopic (exact) mass is 626 g/mol. The molecule has 6 rings (SSSR count). The molecule has 0 aliphatic carbocycles. The molecule has 1 aromatic carbocycles. The van der Waals surface area contributed by atoms with Gasteiger partial charge in [0.15, 0.2) is 5.75 Å². The summed E-state index contributed by atoms with van der Waals surface area (Å²) in [7, 11) is 1.44. The highest BCUT2D eigenvalue weighted by Gasteiger charge is 2.29. The SMILES string of the molecule is COC(=O)CC1CCN(Cc2cc(Oc3cnc(N4CCC(NC5COC5)C4)nc3)nc(-c3cc(Cl)cc(Cl)c3)c2)CC1. The number of hydrogen-bond donors (Lipinski definition) is 1. The Morgan fingerprint density at radius 3 is 2.42 bits per heavy atom. The third kappa shape index (κ3) is 7.93. The van der Waals surface area contributed by atoms with Crippen molar-refractivity contribution in [3.05, 3.63) is 58.3 Å². The van der Waals surface area contributed by atoms with Crippen LogP contribution in [-0.4, -0.2) is 84.4 Å². The molecule has 0 amide bonds. The Morgan fingerprint density at radius 2 is 1.74 bits per heavy atom. The average Bonchev–Trinajstić information content (AvgIpc) is 3.44. The lowest BCUT2D eigenvalue weighted by molar-refractivity contribution is -0.142. The van der Waals surface area contributed by atoms with E-state index in [9.17, 15) is 4.79 Å². The van der Waals surface area contributed by atoms with Gasteiger partial charge in [-0.25, -0.2) is 15.0 Å². The molecule has 0 saturated carbocycles. The molecule has 3 fully saturated rings. The van der Waals surface area contributed by atoms with Gasteiger partial charge in [-0.05, 0) is 68.1 Å². The molecule has 1 unspecified atom stereocenters. The smallest absolute Gasteiger partial charge is 0.305 e. The second-order valence-electron chi connectivity index (χ2n) is 11.5. The molecule has 0 radical (unpaired) electrons. The zero-order valence-corrected chi connectivity index (χ0v) is 25.7. The number of carbonyl (C=O) groups excluding carboxylic acids is 1. The van der Waals surface area contributed by atoms with Gasteiger partial charge in [0, 0.05) is 53.8 Å². The zero-order chi connectivity index (χ0) is 29.8. The molecule has 10 nitrogen and oxygen atoms in total. The van der Waals surface area contributed by atoms with Crippen molar-refractivity contribution in [1.29, 1.82) is 0 Å². The van der Waals surface area contributed by atoms with Crippen molar-refractivity contribution >= 4 is 35.1 Å². The fraction of sp³-hybridized carbons (Fsp3) is 0.484. The fourth-order valence-corrected chi connectivity index (χ4v) is 6.39. The minimum absolute atomic E-state index is 0.141. The number of rotatable bonds is 10. The number of anilines is 1. The number of benzene rings is 1. The second kappa shape index (κ2) is 13.7. The molecule has 3 aliphatic rings. The van der Waals surface area contributed by atoms with Gasteiger partial charge in [-0.1, -0.05) is 23.2 Å². The maximum absolute atomic E-state index is 11.7. The number of pyridine rings is 1. The highest BCUT2D eigenvalue weighted by atomic mass is 35.5. The van der Waals surface area contributed by atoms with Gasteiger partial charge in [0.05, 0.1) is 44.5 Å². The van der Waals surface area contributed by atoms with E-state index in [4.69, 9.17) is 42.4 Å². The summed E-state index contributed by atoms with van der Waals surface area (Å²) in [5.74, 6) is 1.85. The lowest BCUT2D eigenvalue weighted by Gasteiger charge is -2.31. The highest BCUT2D eigenvalue weighted by Crippen LogP contribution is 2.31. The van der Waals surface area contributed by atoms with Gasteiger partial charge in [-0.3, -0.25) is 9.69 Å². The zero-order valence-electron chi connectivity index (χ0n) is 24.2. The van der Waals surface area contributed by atoms with E-state index in [1.807, 2.05) is 24.3 Å². The number of carbonyl (C=O) groups is 1. The number of methoxy groups -OCH3 is 1. The van der Waals surface area contributed by atoms with Crippen LogP contribution < -0.4 is 15.0 Å². The molecular formula is C31H36Cl2N6O4. The number of piperidine rings is 1. The standard InChI is InChI=1S/C31H36Cl2N6O4/c1-41-30(40)10-20-2-5-38(6-3-20)16-21-8-28(22-11-23(32)13-24(33)12-22)37-29(9-21)43-27-14-34-31(35-15-27)39-7-4-25(17-39)36-26-18-42-19-26/h8-9,11-15,20,25-26,36H,2-7,10,16-19H2,1H3. The third-order valence-electron chi connectivity index (χ3n) is 8.23. The Labute approximate surface area is 261 Å². The molecule has 3 aromatic rings. The summed E-state index contributed by atoms with van der Waals surface area (Å²) >= 11 is 12.6. The van der Waals surface area contributed by atoms with Crippen molar-refractivity contribution < 1.29 is 19.0 Å². The molecule has 1 atom stereocenters. The van der Waals surface area contributed by atoms with Crippen LogP contribution >= 0.6 is 23.2 Å². The quantitative estimate of drug-likeness (QED) is 0.310. The Hall–Kier alpha value is -3.02. The Kier molecular flexibility index (Phi) is 9.59. The fourth-order valence-electron chi connectivity index (χ4n) is 5.87. The van der Waals surface area contributed by atoms with Crippen molar-refractivity contribution in [1.82, 2.24) is 25.2 Å². The summed E-state index contributed by atoms with van der Waals surface area (Å²) in [6.45, 7) is 5.86. The number of nitrogens with one attached hydrogen (secondary N) is 1. The molecule has 228 valence electrons. The van der Waals surface area contributed by atoms with Crippen LogP contribution in [0.5, 0.6) is 11.6 Å². The molecule has 0 bridgehead atoms. The molecule has 5 heterocycles. The number of halogens is 2. The van der Waals surface area contributed by atoms with Crippen molar-refractivity contribution in [3.8, 4) is 22.9 Å². The molecule has 2 aromatic heterocycles. The van der Waals surface area contributed by atoms with E-state index in [2.05, 4.69) is 25.1 Å². The number of likely N-dealkylation sites (tertiary alicyclic amines) is 1. The third-order valence-corrected chi connectivity index (χ3v) is 8.67. The van der Waals surface area contributed by atoms with Crippen LogP contribution in [0.2, 0.25) is 10.0 Å². The predicted molar refractivity (Wildman–Crippen MR) is 165 cm³/mol. The highest BCUT2D eigenvalue weighted by molar-refractivity contribution is 6.35.